The van der Waals surface area contributed by atoms with E-state index in [0.29, 0.717) is 11.3 Å². The van der Waals surface area contributed by atoms with Crippen LogP contribution in [-0.4, -0.2) is 44.4 Å². The first-order valence-corrected chi connectivity index (χ1v) is 9.70. The molecule has 0 aliphatic rings. The van der Waals surface area contributed by atoms with E-state index in [9.17, 15) is 24.0 Å². The van der Waals surface area contributed by atoms with Gasteiger partial charge in [-0.25, -0.2) is 4.79 Å². The highest BCUT2D eigenvalue weighted by Gasteiger charge is 2.19. The summed E-state index contributed by atoms with van der Waals surface area (Å²) in [6.45, 7) is -0.381. The number of carbonyl (C=O) groups is 3. The molecule has 1 atom stereocenters. The molecule has 3 aromatic rings. The molecule has 12 heteroatoms. The molecule has 0 radical (unpaired) electrons. The zero-order valence-corrected chi connectivity index (χ0v) is 17.1. The van der Waals surface area contributed by atoms with Crippen LogP contribution in [0.2, 0.25) is 0 Å². The molecule has 0 saturated heterocycles. The molecule has 0 fully saturated rings. The molecule has 0 spiro atoms. The first-order valence-electron chi connectivity index (χ1n) is 9.70. The molecular weight excluding hydrogens is 432 g/mol. The monoisotopic (exact) mass is 452 g/mol. The average Bonchev–Trinajstić information content (AvgIpc) is 2.77. The number of rotatable bonds is 9. The summed E-state index contributed by atoms with van der Waals surface area (Å²) in [4.78, 5) is 67.0. The predicted molar refractivity (Wildman–Crippen MR) is 117 cm³/mol. The van der Waals surface area contributed by atoms with Crippen LogP contribution in [0.3, 0.4) is 0 Å². The van der Waals surface area contributed by atoms with E-state index in [-0.39, 0.29) is 24.3 Å². The smallest absolute Gasteiger partial charge is 0.327 e. The van der Waals surface area contributed by atoms with Crippen molar-refractivity contribution in [2.45, 2.75) is 12.5 Å². The summed E-state index contributed by atoms with van der Waals surface area (Å²) >= 11 is 0. The van der Waals surface area contributed by atoms with Crippen LogP contribution in [0.15, 0.2) is 64.4 Å². The van der Waals surface area contributed by atoms with Crippen molar-refractivity contribution in [2.75, 3.05) is 11.9 Å². The zero-order chi connectivity index (χ0) is 23.8. The van der Waals surface area contributed by atoms with E-state index in [1.165, 1.54) is 24.5 Å². The number of nitrogens with zero attached hydrogens (tertiary/aromatic N) is 1. The minimum absolute atomic E-state index is 0.139. The minimum atomic E-state index is -1.10. The Morgan fingerprint density at radius 1 is 1.06 bits per heavy atom. The summed E-state index contributed by atoms with van der Waals surface area (Å²) in [6.07, 6.45) is 2.64. The number of carboxylic acid groups (broad SMARTS) is 1. The maximum absolute atomic E-state index is 12.5. The van der Waals surface area contributed by atoms with E-state index in [1.54, 1.807) is 24.3 Å². The van der Waals surface area contributed by atoms with E-state index in [0.717, 1.165) is 6.07 Å². The Labute approximate surface area is 186 Å². The van der Waals surface area contributed by atoms with E-state index >= 15 is 0 Å². The second kappa shape index (κ2) is 10.5. The van der Waals surface area contributed by atoms with Gasteiger partial charge in [-0.15, -0.1) is 0 Å². The number of benzene rings is 1. The Balaban J connectivity index is 1.61. The van der Waals surface area contributed by atoms with Gasteiger partial charge >= 0.3 is 11.7 Å². The van der Waals surface area contributed by atoms with Crippen molar-refractivity contribution in [2.24, 2.45) is 0 Å². The molecule has 0 aliphatic carbocycles. The lowest BCUT2D eigenvalue weighted by atomic mass is 10.1. The number of carboxylic acids is 1. The quantitative estimate of drug-likeness (QED) is 0.267. The van der Waals surface area contributed by atoms with Crippen molar-refractivity contribution in [1.82, 2.24) is 25.6 Å². The third kappa shape index (κ3) is 6.89. The molecule has 6 N–H and O–H groups in total. The first-order chi connectivity index (χ1) is 15.8. The van der Waals surface area contributed by atoms with Crippen molar-refractivity contribution in [3.63, 3.8) is 0 Å². The summed E-state index contributed by atoms with van der Waals surface area (Å²) in [5.74, 6) is -2.09. The number of aromatic amines is 2. The van der Waals surface area contributed by atoms with Crippen LogP contribution in [0, 0.1) is 0 Å². The molecule has 2 aromatic heterocycles. The number of aliphatic carboxylic acids is 1. The second-order valence-corrected chi connectivity index (χ2v) is 6.89. The standard InChI is InChI=1S/C21H20N6O6/c28-17-9-16(26-21(33)27-17)24-14-5-1-3-12(7-14)20(32)23-11-18(29)25-15(8-19(30)31)13-4-2-6-22-10-13/h1-7,9-10,15H,8,11H2,(H,23,32)(H,25,29)(H,30,31)(H3,24,26,27,28,33). The summed E-state index contributed by atoms with van der Waals surface area (Å²) in [6, 6.07) is 9.79. The van der Waals surface area contributed by atoms with Crippen LogP contribution < -0.4 is 27.2 Å². The molecule has 0 saturated carbocycles. The number of amides is 2. The van der Waals surface area contributed by atoms with Crippen molar-refractivity contribution >= 4 is 29.3 Å². The highest BCUT2D eigenvalue weighted by molar-refractivity contribution is 5.97. The van der Waals surface area contributed by atoms with Gasteiger partial charge in [-0.1, -0.05) is 12.1 Å². The summed E-state index contributed by atoms with van der Waals surface area (Å²) in [5, 5.41) is 16.9. The summed E-state index contributed by atoms with van der Waals surface area (Å²) in [7, 11) is 0. The molecule has 12 nitrogen and oxygen atoms in total. The van der Waals surface area contributed by atoms with Crippen molar-refractivity contribution in [3.8, 4) is 0 Å². The maximum atomic E-state index is 12.5. The molecular formula is C21H20N6O6. The molecule has 0 aliphatic heterocycles. The van der Waals surface area contributed by atoms with Gasteiger partial charge in [0.25, 0.3) is 11.5 Å². The fourth-order valence-corrected chi connectivity index (χ4v) is 2.95. The SMILES string of the molecule is O=C(O)CC(NC(=O)CNC(=O)c1cccc(Nc2cc(=O)[nH]c(=O)[nH]2)c1)c1cccnc1. The van der Waals surface area contributed by atoms with E-state index in [2.05, 4.69) is 25.9 Å². The van der Waals surface area contributed by atoms with Crippen LogP contribution >= 0.6 is 0 Å². The zero-order valence-electron chi connectivity index (χ0n) is 17.1. The Hall–Kier alpha value is -4.74. The Bertz CT molecular complexity index is 1240. The van der Waals surface area contributed by atoms with Crippen LogP contribution in [0.4, 0.5) is 11.5 Å². The van der Waals surface area contributed by atoms with Gasteiger partial charge in [0, 0.05) is 29.7 Å². The van der Waals surface area contributed by atoms with Gasteiger partial charge in [0.05, 0.1) is 19.0 Å². The van der Waals surface area contributed by atoms with Crippen LogP contribution in [0.1, 0.15) is 28.4 Å². The van der Waals surface area contributed by atoms with Gasteiger partial charge in [0.1, 0.15) is 5.82 Å². The third-order valence-electron chi connectivity index (χ3n) is 4.37. The number of hydrogen-bond acceptors (Lipinski definition) is 7. The van der Waals surface area contributed by atoms with Crippen molar-refractivity contribution < 1.29 is 19.5 Å². The van der Waals surface area contributed by atoms with Gasteiger partial charge in [0.15, 0.2) is 0 Å². The highest BCUT2D eigenvalue weighted by Crippen LogP contribution is 2.16. The van der Waals surface area contributed by atoms with Crippen molar-refractivity contribution in [3.05, 3.63) is 86.8 Å². The fourth-order valence-electron chi connectivity index (χ4n) is 2.95. The topological polar surface area (TPSA) is 186 Å². The molecule has 0 bridgehead atoms. The van der Waals surface area contributed by atoms with Crippen molar-refractivity contribution in [1.29, 1.82) is 0 Å². The Morgan fingerprint density at radius 2 is 1.88 bits per heavy atom. The number of anilines is 2. The lowest BCUT2D eigenvalue weighted by molar-refractivity contribution is -0.137. The highest BCUT2D eigenvalue weighted by atomic mass is 16.4. The molecule has 33 heavy (non-hydrogen) atoms. The normalized spacial score (nSPS) is 11.3. The number of H-pyrrole nitrogens is 2. The number of hydrogen-bond donors (Lipinski definition) is 6. The van der Waals surface area contributed by atoms with E-state index in [1.807, 2.05) is 4.98 Å². The Morgan fingerprint density at radius 3 is 2.58 bits per heavy atom. The van der Waals surface area contributed by atoms with Gasteiger partial charge in [-0.3, -0.25) is 34.1 Å². The minimum Gasteiger partial charge on any atom is -0.481 e. The number of carbonyl (C=O) groups excluding carboxylic acids is 2. The first kappa shape index (κ1) is 22.9. The van der Waals surface area contributed by atoms with Crippen LogP contribution in [-0.2, 0) is 9.59 Å². The van der Waals surface area contributed by atoms with Crippen LogP contribution in [0.25, 0.3) is 0 Å². The molecule has 2 heterocycles. The Kier molecular flexibility index (Phi) is 7.32. The largest absolute Gasteiger partial charge is 0.481 e. The van der Waals surface area contributed by atoms with Gasteiger partial charge in [-0.2, -0.15) is 0 Å². The van der Waals surface area contributed by atoms with Gasteiger partial charge < -0.3 is 21.1 Å². The number of nitrogens with one attached hydrogen (secondary N) is 5. The average molecular weight is 452 g/mol. The molecule has 170 valence electrons. The van der Waals surface area contributed by atoms with E-state index in [4.69, 9.17) is 5.11 Å². The van der Waals surface area contributed by atoms with Crippen LogP contribution in [0.5, 0.6) is 0 Å². The third-order valence-corrected chi connectivity index (χ3v) is 4.37. The molecule has 1 aromatic carbocycles. The molecule has 3 rings (SSSR count). The fraction of sp³-hybridized carbons (Fsp3) is 0.143. The molecule has 2 amide bonds. The lowest BCUT2D eigenvalue weighted by Gasteiger charge is -2.17. The second-order valence-electron chi connectivity index (χ2n) is 6.89. The van der Waals surface area contributed by atoms with E-state index < -0.39 is 35.1 Å². The maximum Gasteiger partial charge on any atom is 0.327 e. The van der Waals surface area contributed by atoms with Gasteiger partial charge in [-0.05, 0) is 29.8 Å². The van der Waals surface area contributed by atoms with Gasteiger partial charge in [0.2, 0.25) is 5.91 Å². The number of pyridine rings is 1. The predicted octanol–water partition coefficient (Wildman–Crippen LogP) is 0.264. The number of aromatic nitrogens is 3. The summed E-state index contributed by atoms with van der Waals surface area (Å²) in [5.41, 5.74) is -0.108. The lowest BCUT2D eigenvalue weighted by Crippen LogP contribution is -2.39. The summed E-state index contributed by atoms with van der Waals surface area (Å²) < 4.78 is 0. The molecule has 1 unspecified atom stereocenters.